The highest BCUT2D eigenvalue weighted by Gasteiger charge is 2.30. The minimum atomic E-state index is -0.305. The van der Waals surface area contributed by atoms with Crippen molar-refractivity contribution < 1.29 is 14.8 Å². The van der Waals surface area contributed by atoms with E-state index in [1.54, 1.807) is 24.3 Å². The first kappa shape index (κ1) is 11.8. The van der Waals surface area contributed by atoms with Crippen molar-refractivity contribution in [2.24, 2.45) is 0 Å². The number of hydroxylamine groups is 1. The first-order valence-corrected chi connectivity index (χ1v) is 5.91. The monoisotopic (exact) mass is 253 g/mol. The maximum Gasteiger partial charge on any atom is 0.195 e. The largest absolute Gasteiger partial charge is 0.316 e. The smallest absolute Gasteiger partial charge is 0.195 e. The lowest BCUT2D eigenvalue weighted by Crippen LogP contribution is -2.21. The molecule has 4 nitrogen and oxygen atoms in total. The van der Waals surface area contributed by atoms with E-state index in [4.69, 9.17) is 5.21 Å². The predicted octanol–water partition coefficient (Wildman–Crippen LogP) is 2.06. The van der Waals surface area contributed by atoms with E-state index in [0.29, 0.717) is 16.7 Å². The van der Waals surface area contributed by atoms with Crippen LogP contribution in [0, 0.1) is 0 Å². The zero-order valence-electron chi connectivity index (χ0n) is 10.0. The molecule has 19 heavy (non-hydrogen) atoms. The van der Waals surface area contributed by atoms with Crippen molar-refractivity contribution in [3.8, 4) is 11.1 Å². The van der Waals surface area contributed by atoms with Gasteiger partial charge in [-0.15, -0.1) is 0 Å². The summed E-state index contributed by atoms with van der Waals surface area (Å²) in [7, 11) is 0. The van der Waals surface area contributed by atoms with Gasteiger partial charge in [0.05, 0.1) is 6.54 Å². The minimum absolute atomic E-state index is 0.132. The van der Waals surface area contributed by atoms with Gasteiger partial charge in [-0.25, -0.2) is 0 Å². The zero-order chi connectivity index (χ0) is 13.4. The fraction of sp³-hybridized carbons (Fsp3) is 0.0667. The molecule has 2 aromatic rings. The quantitative estimate of drug-likeness (QED) is 0.554. The average Bonchev–Trinajstić information content (AvgIpc) is 2.74. The van der Waals surface area contributed by atoms with Gasteiger partial charge in [0.2, 0.25) is 0 Å². The third-order valence-electron chi connectivity index (χ3n) is 3.29. The van der Waals surface area contributed by atoms with Crippen LogP contribution >= 0.6 is 0 Å². The Labute approximate surface area is 109 Å². The maximum absolute atomic E-state index is 12.4. The number of nitrogens with one attached hydrogen (secondary N) is 1. The van der Waals surface area contributed by atoms with Crippen molar-refractivity contribution >= 4 is 11.6 Å². The second-order valence-electron chi connectivity index (χ2n) is 4.36. The summed E-state index contributed by atoms with van der Waals surface area (Å²) in [4.78, 5) is 24.3. The van der Waals surface area contributed by atoms with Gasteiger partial charge in [0.1, 0.15) is 0 Å². The van der Waals surface area contributed by atoms with Gasteiger partial charge in [-0.05, 0) is 11.1 Å². The Hall–Kier alpha value is -2.30. The summed E-state index contributed by atoms with van der Waals surface area (Å²) in [5.41, 5.74) is 4.87. The lowest BCUT2D eigenvalue weighted by atomic mass is 9.98. The molecular formula is C15H11NO3. The Balaban J connectivity index is 2.21. The lowest BCUT2D eigenvalue weighted by Gasteiger charge is -2.05. The van der Waals surface area contributed by atoms with E-state index in [0.717, 1.165) is 11.1 Å². The molecule has 1 aliphatic rings. The Morgan fingerprint density at radius 1 is 1.00 bits per heavy atom. The van der Waals surface area contributed by atoms with Gasteiger partial charge in [-0.1, -0.05) is 42.5 Å². The van der Waals surface area contributed by atoms with Crippen LogP contribution in [-0.4, -0.2) is 23.3 Å². The Bertz CT molecular complexity index is 692. The van der Waals surface area contributed by atoms with Crippen molar-refractivity contribution in [1.29, 1.82) is 0 Å². The van der Waals surface area contributed by atoms with Gasteiger partial charge in [-0.3, -0.25) is 9.59 Å². The fourth-order valence-electron chi connectivity index (χ4n) is 2.47. The van der Waals surface area contributed by atoms with Crippen molar-refractivity contribution in [1.82, 2.24) is 5.48 Å². The molecule has 0 heterocycles. The number of benzene rings is 2. The standard InChI is InChI=1S/C15H11NO3/c17-13(8-16-19)12-7-3-6-10-9-4-1-2-5-11(9)15(18)14(10)12/h1-7,16,19H,8H2. The summed E-state index contributed by atoms with van der Waals surface area (Å²) in [6, 6.07) is 12.5. The highest BCUT2D eigenvalue weighted by molar-refractivity contribution is 6.26. The van der Waals surface area contributed by atoms with Crippen LogP contribution in [0.25, 0.3) is 11.1 Å². The second kappa shape index (κ2) is 4.42. The van der Waals surface area contributed by atoms with Crippen molar-refractivity contribution in [3.05, 3.63) is 59.2 Å². The van der Waals surface area contributed by atoms with E-state index in [1.165, 1.54) is 0 Å². The molecule has 1 aliphatic carbocycles. The van der Waals surface area contributed by atoms with Crippen molar-refractivity contribution in [2.45, 2.75) is 0 Å². The molecule has 0 bridgehead atoms. The third-order valence-corrected chi connectivity index (χ3v) is 3.29. The summed E-state index contributed by atoms with van der Waals surface area (Å²) >= 11 is 0. The molecule has 2 aromatic carbocycles. The molecular weight excluding hydrogens is 242 g/mol. The molecule has 0 aliphatic heterocycles. The number of hydrogen-bond donors (Lipinski definition) is 2. The average molecular weight is 253 g/mol. The van der Waals surface area contributed by atoms with E-state index < -0.39 is 0 Å². The number of rotatable bonds is 3. The summed E-state index contributed by atoms with van der Waals surface area (Å²) < 4.78 is 0. The molecule has 2 N–H and O–H groups in total. The van der Waals surface area contributed by atoms with Crippen LogP contribution in [0.2, 0.25) is 0 Å². The van der Waals surface area contributed by atoms with Crippen LogP contribution in [-0.2, 0) is 0 Å². The van der Waals surface area contributed by atoms with Gasteiger partial charge in [0.25, 0.3) is 0 Å². The van der Waals surface area contributed by atoms with E-state index in [2.05, 4.69) is 0 Å². The van der Waals surface area contributed by atoms with Crippen LogP contribution in [0.15, 0.2) is 42.5 Å². The van der Waals surface area contributed by atoms with Crippen LogP contribution < -0.4 is 5.48 Å². The van der Waals surface area contributed by atoms with E-state index >= 15 is 0 Å². The van der Waals surface area contributed by atoms with Crippen LogP contribution in [0.4, 0.5) is 0 Å². The molecule has 0 atom stereocenters. The minimum Gasteiger partial charge on any atom is -0.316 e. The van der Waals surface area contributed by atoms with Crippen LogP contribution in [0.3, 0.4) is 0 Å². The fourth-order valence-corrected chi connectivity index (χ4v) is 2.47. The lowest BCUT2D eigenvalue weighted by molar-refractivity contribution is 0.0896. The van der Waals surface area contributed by atoms with Crippen LogP contribution in [0.1, 0.15) is 26.3 Å². The van der Waals surface area contributed by atoms with Gasteiger partial charge in [0, 0.05) is 16.7 Å². The van der Waals surface area contributed by atoms with E-state index in [1.807, 2.05) is 23.7 Å². The summed E-state index contributed by atoms with van der Waals surface area (Å²) in [6.07, 6.45) is 0. The zero-order valence-corrected chi connectivity index (χ0v) is 10.0. The van der Waals surface area contributed by atoms with Crippen LogP contribution in [0.5, 0.6) is 0 Å². The van der Waals surface area contributed by atoms with Gasteiger partial charge in [0.15, 0.2) is 11.6 Å². The van der Waals surface area contributed by atoms with Gasteiger partial charge >= 0.3 is 0 Å². The van der Waals surface area contributed by atoms with Gasteiger partial charge < -0.3 is 5.21 Å². The normalized spacial score (nSPS) is 12.2. The molecule has 0 spiro atoms. The number of fused-ring (bicyclic) bond motifs is 3. The second-order valence-corrected chi connectivity index (χ2v) is 4.36. The Morgan fingerprint density at radius 3 is 2.42 bits per heavy atom. The first-order valence-electron chi connectivity index (χ1n) is 5.91. The van der Waals surface area contributed by atoms with Crippen molar-refractivity contribution in [2.75, 3.05) is 6.54 Å². The topological polar surface area (TPSA) is 66.4 Å². The highest BCUT2D eigenvalue weighted by Crippen LogP contribution is 2.38. The maximum atomic E-state index is 12.4. The highest BCUT2D eigenvalue weighted by atomic mass is 16.5. The van der Waals surface area contributed by atoms with Gasteiger partial charge in [-0.2, -0.15) is 5.48 Å². The molecule has 0 amide bonds. The first-order chi connectivity index (χ1) is 9.24. The third kappa shape index (κ3) is 1.69. The molecule has 0 saturated heterocycles. The van der Waals surface area contributed by atoms with E-state index in [9.17, 15) is 9.59 Å². The Kier molecular flexibility index (Phi) is 2.74. The van der Waals surface area contributed by atoms with Crippen molar-refractivity contribution in [3.63, 3.8) is 0 Å². The molecule has 94 valence electrons. The molecule has 4 heteroatoms. The molecule has 0 radical (unpaired) electrons. The Morgan fingerprint density at radius 2 is 1.68 bits per heavy atom. The number of Topliss-reactive ketones (excluding diaryl/α,β-unsaturated/α-hetero) is 1. The molecule has 0 saturated carbocycles. The molecule has 0 aromatic heterocycles. The molecule has 3 rings (SSSR count). The summed E-state index contributed by atoms with van der Waals surface area (Å²) in [6.45, 7) is -0.208. The predicted molar refractivity (Wildman–Crippen MR) is 69.4 cm³/mol. The number of hydrogen-bond acceptors (Lipinski definition) is 4. The summed E-state index contributed by atoms with van der Waals surface area (Å²) in [5, 5.41) is 8.63. The molecule has 0 unspecified atom stereocenters. The number of carbonyl (C=O) groups is 2. The van der Waals surface area contributed by atoms with E-state index in [-0.39, 0.29) is 18.1 Å². The molecule has 0 fully saturated rings. The SMILES string of the molecule is O=C(CNO)c1cccc2c1C(=O)c1ccccc1-2. The summed E-state index contributed by atoms with van der Waals surface area (Å²) in [5.74, 6) is -0.437. The number of ketones is 2. The number of carbonyl (C=O) groups excluding carboxylic acids is 2.